The van der Waals surface area contributed by atoms with Gasteiger partial charge in [-0.3, -0.25) is 9.79 Å². The van der Waals surface area contributed by atoms with Crippen LogP contribution in [0.25, 0.3) is 0 Å². The number of hydrogen-bond acceptors (Lipinski definition) is 4. The van der Waals surface area contributed by atoms with Gasteiger partial charge in [-0.2, -0.15) is 11.3 Å². The van der Waals surface area contributed by atoms with Crippen LogP contribution >= 0.6 is 35.3 Å². The number of guanidine groups is 1. The number of rotatable bonds is 7. The molecule has 0 amide bonds. The van der Waals surface area contributed by atoms with Crippen LogP contribution in [0, 0.1) is 0 Å². The van der Waals surface area contributed by atoms with E-state index < -0.39 is 0 Å². The standard InChI is InChI=1S/C14H23N3O2S.HI/c1-4-15-14(16-7-5-13(18)19-3)17-9-11(2)12-6-8-20-10-12;/h6,8,10-11H,4-5,7,9H2,1-3H3,(H2,15,16,17);1H. The van der Waals surface area contributed by atoms with Gasteiger partial charge in [0.05, 0.1) is 13.5 Å². The third-order valence-electron chi connectivity index (χ3n) is 2.83. The summed E-state index contributed by atoms with van der Waals surface area (Å²) in [5, 5.41) is 10.5. The van der Waals surface area contributed by atoms with Crippen molar-refractivity contribution in [3.63, 3.8) is 0 Å². The number of esters is 1. The lowest BCUT2D eigenvalue weighted by molar-refractivity contribution is -0.140. The van der Waals surface area contributed by atoms with E-state index in [1.54, 1.807) is 11.3 Å². The zero-order valence-electron chi connectivity index (χ0n) is 12.7. The Morgan fingerprint density at radius 1 is 1.48 bits per heavy atom. The van der Waals surface area contributed by atoms with Gasteiger partial charge in [-0.05, 0) is 29.3 Å². The predicted molar refractivity (Wildman–Crippen MR) is 98.8 cm³/mol. The highest BCUT2D eigenvalue weighted by atomic mass is 127. The van der Waals surface area contributed by atoms with Crippen molar-refractivity contribution in [1.29, 1.82) is 0 Å². The number of hydrogen-bond donors (Lipinski definition) is 2. The van der Waals surface area contributed by atoms with Gasteiger partial charge in [0.2, 0.25) is 0 Å². The fourth-order valence-corrected chi connectivity index (χ4v) is 2.40. The maximum Gasteiger partial charge on any atom is 0.307 e. The number of carbonyl (C=O) groups is 1. The molecule has 1 atom stereocenters. The number of thiophene rings is 1. The van der Waals surface area contributed by atoms with Gasteiger partial charge in [0.15, 0.2) is 5.96 Å². The summed E-state index contributed by atoms with van der Waals surface area (Å²) in [6, 6.07) is 2.13. The van der Waals surface area contributed by atoms with Gasteiger partial charge in [0, 0.05) is 25.6 Å². The van der Waals surface area contributed by atoms with Gasteiger partial charge in [-0.15, -0.1) is 24.0 Å². The lowest BCUT2D eigenvalue weighted by Gasteiger charge is -2.12. The Kier molecular flexibility index (Phi) is 11.3. The molecule has 1 aromatic heterocycles. The van der Waals surface area contributed by atoms with Crippen molar-refractivity contribution < 1.29 is 9.53 Å². The summed E-state index contributed by atoms with van der Waals surface area (Å²) in [5.74, 6) is 0.899. The van der Waals surface area contributed by atoms with Crippen LogP contribution in [0.3, 0.4) is 0 Å². The Morgan fingerprint density at radius 2 is 2.24 bits per heavy atom. The molecule has 1 aromatic rings. The number of halogens is 1. The Bertz CT molecular complexity index is 424. The van der Waals surface area contributed by atoms with Gasteiger partial charge >= 0.3 is 5.97 Å². The van der Waals surface area contributed by atoms with Crippen molar-refractivity contribution in [2.24, 2.45) is 4.99 Å². The van der Waals surface area contributed by atoms with Crippen LogP contribution in [-0.2, 0) is 9.53 Å². The van der Waals surface area contributed by atoms with E-state index in [4.69, 9.17) is 0 Å². The van der Waals surface area contributed by atoms with E-state index in [0.29, 0.717) is 25.4 Å². The van der Waals surface area contributed by atoms with Gasteiger partial charge in [0.1, 0.15) is 0 Å². The molecule has 1 unspecified atom stereocenters. The molecule has 0 aliphatic heterocycles. The Morgan fingerprint density at radius 3 is 2.81 bits per heavy atom. The molecule has 0 saturated heterocycles. The topological polar surface area (TPSA) is 62.7 Å². The Balaban J connectivity index is 0.00000400. The van der Waals surface area contributed by atoms with Crippen molar-refractivity contribution in [2.75, 3.05) is 26.7 Å². The first-order valence-corrected chi connectivity index (χ1v) is 7.72. The van der Waals surface area contributed by atoms with E-state index in [1.165, 1.54) is 12.7 Å². The van der Waals surface area contributed by atoms with Crippen LogP contribution in [0.15, 0.2) is 21.8 Å². The molecule has 2 N–H and O–H groups in total. The lowest BCUT2D eigenvalue weighted by atomic mass is 10.1. The quantitative estimate of drug-likeness (QED) is 0.305. The van der Waals surface area contributed by atoms with E-state index in [0.717, 1.165) is 12.5 Å². The first-order valence-electron chi connectivity index (χ1n) is 6.78. The zero-order valence-corrected chi connectivity index (χ0v) is 15.9. The highest BCUT2D eigenvalue weighted by molar-refractivity contribution is 14.0. The molecular weight excluding hydrogens is 401 g/mol. The minimum absolute atomic E-state index is 0. The summed E-state index contributed by atoms with van der Waals surface area (Å²) in [7, 11) is 1.39. The number of nitrogens with one attached hydrogen (secondary N) is 2. The molecule has 1 rings (SSSR count). The van der Waals surface area contributed by atoms with E-state index in [9.17, 15) is 4.79 Å². The predicted octanol–water partition coefficient (Wildman–Crippen LogP) is 2.59. The largest absolute Gasteiger partial charge is 0.469 e. The second-order valence-corrected chi connectivity index (χ2v) is 5.21. The summed E-state index contributed by atoms with van der Waals surface area (Å²) in [5.41, 5.74) is 1.31. The molecular formula is C14H24IN3O2S. The van der Waals surface area contributed by atoms with Crippen LogP contribution < -0.4 is 10.6 Å². The molecule has 21 heavy (non-hydrogen) atoms. The van der Waals surface area contributed by atoms with Crippen molar-refractivity contribution in [2.45, 2.75) is 26.2 Å². The van der Waals surface area contributed by atoms with Crippen LogP contribution in [0.5, 0.6) is 0 Å². The third-order valence-corrected chi connectivity index (χ3v) is 3.53. The summed E-state index contributed by atoms with van der Waals surface area (Å²) in [6.07, 6.45) is 0.334. The van der Waals surface area contributed by atoms with Crippen molar-refractivity contribution in [3.05, 3.63) is 22.4 Å². The van der Waals surface area contributed by atoms with Crippen molar-refractivity contribution >= 4 is 47.2 Å². The molecule has 5 nitrogen and oxygen atoms in total. The molecule has 120 valence electrons. The van der Waals surface area contributed by atoms with E-state index in [1.807, 2.05) is 6.92 Å². The maximum atomic E-state index is 11.1. The molecule has 0 aliphatic carbocycles. The lowest BCUT2D eigenvalue weighted by Crippen LogP contribution is -2.38. The van der Waals surface area contributed by atoms with Crippen LogP contribution in [-0.4, -0.2) is 38.7 Å². The smallest absolute Gasteiger partial charge is 0.307 e. The third kappa shape index (κ3) is 8.25. The second kappa shape index (κ2) is 11.8. The van der Waals surface area contributed by atoms with Crippen molar-refractivity contribution in [1.82, 2.24) is 10.6 Å². The fourth-order valence-electron chi connectivity index (χ4n) is 1.62. The SMILES string of the molecule is CCNC(=NCC(C)c1ccsc1)NCCC(=O)OC.I. The Hall–Kier alpha value is -0.830. The van der Waals surface area contributed by atoms with Crippen LogP contribution in [0.2, 0.25) is 0 Å². The van der Waals surface area contributed by atoms with E-state index in [-0.39, 0.29) is 29.9 Å². The Labute approximate surface area is 147 Å². The van der Waals surface area contributed by atoms with Gasteiger partial charge < -0.3 is 15.4 Å². The molecule has 0 aliphatic rings. The first kappa shape index (κ1) is 20.2. The fraction of sp³-hybridized carbons (Fsp3) is 0.571. The van der Waals surface area contributed by atoms with Gasteiger partial charge in [-0.25, -0.2) is 0 Å². The maximum absolute atomic E-state index is 11.1. The summed E-state index contributed by atoms with van der Waals surface area (Å²) < 4.78 is 4.60. The summed E-state index contributed by atoms with van der Waals surface area (Å²) >= 11 is 1.70. The van der Waals surface area contributed by atoms with Crippen LogP contribution in [0.1, 0.15) is 31.7 Å². The van der Waals surface area contributed by atoms with Gasteiger partial charge in [0.25, 0.3) is 0 Å². The molecule has 0 saturated carbocycles. The number of nitrogens with zero attached hydrogens (tertiary/aromatic N) is 1. The minimum Gasteiger partial charge on any atom is -0.469 e. The highest BCUT2D eigenvalue weighted by Crippen LogP contribution is 2.18. The summed E-state index contributed by atoms with van der Waals surface area (Å²) in [4.78, 5) is 15.6. The van der Waals surface area contributed by atoms with E-state index in [2.05, 4.69) is 44.1 Å². The summed E-state index contributed by atoms with van der Waals surface area (Å²) in [6.45, 7) is 6.19. The van der Waals surface area contributed by atoms with E-state index >= 15 is 0 Å². The average molecular weight is 425 g/mol. The monoisotopic (exact) mass is 425 g/mol. The molecule has 0 bridgehead atoms. The molecule has 0 spiro atoms. The number of carbonyl (C=O) groups excluding carboxylic acids is 1. The molecule has 7 heteroatoms. The second-order valence-electron chi connectivity index (χ2n) is 4.43. The molecule has 1 heterocycles. The first-order chi connectivity index (χ1) is 9.67. The molecule has 0 radical (unpaired) electrons. The average Bonchev–Trinajstić information content (AvgIpc) is 2.98. The minimum atomic E-state index is -0.222. The number of methoxy groups -OCH3 is 1. The van der Waals surface area contributed by atoms with Crippen molar-refractivity contribution in [3.8, 4) is 0 Å². The highest BCUT2D eigenvalue weighted by Gasteiger charge is 2.06. The van der Waals surface area contributed by atoms with Gasteiger partial charge in [-0.1, -0.05) is 6.92 Å². The molecule has 0 fully saturated rings. The normalized spacial score (nSPS) is 12.2. The van der Waals surface area contributed by atoms with Crippen LogP contribution in [0.4, 0.5) is 0 Å². The zero-order chi connectivity index (χ0) is 14.8. The number of aliphatic imine (C=N–C) groups is 1. The number of ether oxygens (including phenoxy) is 1. The molecule has 0 aromatic carbocycles.